The van der Waals surface area contributed by atoms with E-state index in [0.717, 1.165) is 35.1 Å². The molecule has 0 unspecified atom stereocenters. The average molecular weight is 423 g/mol. The molecule has 0 fully saturated rings. The van der Waals surface area contributed by atoms with Gasteiger partial charge < -0.3 is 5.32 Å². The molecular weight excluding hydrogens is 408 g/mol. The maximum absolute atomic E-state index is 13.8. The Kier molecular flexibility index (Phi) is 5.80. The number of halogens is 2. The van der Waals surface area contributed by atoms with Gasteiger partial charge in [0, 0.05) is 29.7 Å². The van der Waals surface area contributed by atoms with Gasteiger partial charge in [0.25, 0.3) is 0 Å². The highest BCUT2D eigenvalue weighted by Gasteiger charge is 2.17. The Morgan fingerprint density at radius 3 is 2.50 bits per heavy atom. The third kappa shape index (κ3) is 4.36. The Hall–Kier alpha value is -3.59. The van der Waals surface area contributed by atoms with E-state index >= 15 is 0 Å². The SMILES string of the molecule is O=C(CSc1nnc(-c2ccncc2)n1-c1ccccc1)Nc1ccc(F)cc1F. The van der Waals surface area contributed by atoms with Crippen LogP contribution in [0.5, 0.6) is 0 Å². The molecule has 4 aromatic rings. The first-order valence-electron chi connectivity index (χ1n) is 8.91. The topological polar surface area (TPSA) is 72.7 Å². The Balaban J connectivity index is 1.57. The van der Waals surface area contributed by atoms with Crippen LogP contribution in [0.15, 0.2) is 78.2 Å². The van der Waals surface area contributed by atoms with Crippen LogP contribution in [0.2, 0.25) is 0 Å². The number of amides is 1. The molecule has 30 heavy (non-hydrogen) atoms. The fourth-order valence-corrected chi connectivity index (χ4v) is 3.52. The van der Waals surface area contributed by atoms with Crippen molar-refractivity contribution >= 4 is 23.4 Å². The zero-order valence-electron chi connectivity index (χ0n) is 15.5. The van der Waals surface area contributed by atoms with Crippen LogP contribution in [0.4, 0.5) is 14.5 Å². The van der Waals surface area contributed by atoms with Gasteiger partial charge in [0.1, 0.15) is 11.6 Å². The molecule has 0 aliphatic rings. The van der Waals surface area contributed by atoms with E-state index in [4.69, 9.17) is 0 Å². The Labute approximate surface area is 175 Å². The zero-order valence-corrected chi connectivity index (χ0v) is 16.3. The molecular formula is C21H15F2N5OS. The quantitative estimate of drug-likeness (QED) is 0.467. The summed E-state index contributed by atoms with van der Waals surface area (Å²) in [4.78, 5) is 16.3. The third-order valence-corrected chi connectivity index (χ3v) is 5.05. The Morgan fingerprint density at radius 1 is 1.00 bits per heavy atom. The molecule has 2 aromatic carbocycles. The highest BCUT2D eigenvalue weighted by Crippen LogP contribution is 2.27. The number of anilines is 1. The van der Waals surface area contributed by atoms with E-state index in [2.05, 4.69) is 20.5 Å². The summed E-state index contributed by atoms with van der Waals surface area (Å²) in [6.07, 6.45) is 3.33. The lowest BCUT2D eigenvalue weighted by Crippen LogP contribution is -2.15. The second kappa shape index (κ2) is 8.83. The van der Waals surface area contributed by atoms with Gasteiger partial charge in [-0.05, 0) is 36.4 Å². The maximum Gasteiger partial charge on any atom is 0.234 e. The summed E-state index contributed by atoms with van der Waals surface area (Å²) in [6, 6.07) is 16.1. The first kappa shape index (κ1) is 19.7. The lowest BCUT2D eigenvalue weighted by molar-refractivity contribution is -0.113. The Morgan fingerprint density at radius 2 is 1.77 bits per heavy atom. The van der Waals surface area contributed by atoms with Crippen LogP contribution in [0.3, 0.4) is 0 Å². The van der Waals surface area contributed by atoms with Crippen molar-refractivity contribution in [2.75, 3.05) is 11.1 Å². The molecule has 0 atom stereocenters. The van der Waals surface area contributed by atoms with Crippen molar-refractivity contribution in [1.82, 2.24) is 19.7 Å². The predicted octanol–water partition coefficient (Wildman–Crippen LogP) is 4.34. The lowest BCUT2D eigenvalue weighted by Gasteiger charge is -2.10. The smallest absolute Gasteiger partial charge is 0.234 e. The summed E-state index contributed by atoms with van der Waals surface area (Å²) in [6.45, 7) is 0. The van der Waals surface area contributed by atoms with E-state index in [1.54, 1.807) is 12.4 Å². The van der Waals surface area contributed by atoms with Crippen molar-refractivity contribution in [2.45, 2.75) is 5.16 Å². The largest absolute Gasteiger partial charge is 0.323 e. The van der Waals surface area contributed by atoms with Crippen molar-refractivity contribution in [3.8, 4) is 17.1 Å². The predicted molar refractivity (Wildman–Crippen MR) is 110 cm³/mol. The second-order valence-electron chi connectivity index (χ2n) is 6.17. The monoisotopic (exact) mass is 423 g/mol. The van der Waals surface area contributed by atoms with E-state index in [1.807, 2.05) is 47.0 Å². The number of nitrogens with zero attached hydrogens (tertiary/aromatic N) is 4. The number of pyridine rings is 1. The van der Waals surface area contributed by atoms with Crippen LogP contribution < -0.4 is 5.32 Å². The number of thioether (sulfide) groups is 1. The van der Waals surface area contributed by atoms with E-state index in [1.165, 1.54) is 6.07 Å². The Bertz CT molecular complexity index is 1170. The molecule has 2 aromatic heterocycles. The fraction of sp³-hybridized carbons (Fsp3) is 0.0476. The fourth-order valence-electron chi connectivity index (χ4n) is 2.77. The van der Waals surface area contributed by atoms with Gasteiger partial charge in [-0.1, -0.05) is 30.0 Å². The molecule has 0 bridgehead atoms. The third-order valence-electron chi connectivity index (χ3n) is 4.12. The van der Waals surface area contributed by atoms with E-state index in [-0.39, 0.29) is 11.4 Å². The molecule has 0 radical (unpaired) electrons. The molecule has 1 N–H and O–H groups in total. The average Bonchev–Trinajstić information content (AvgIpc) is 3.19. The van der Waals surface area contributed by atoms with Crippen molar-refractivity contribution in [3.63, 3.8) is 0 Å². The molecule has 4 rings (SSSR count). The van der Waals surface area contributed by atoms with Gasteiger partial charge in [0.05, 0.1) is 11.4 Å². The molecule has 9 heteroatoms. The van der Waals surface area contributed by atoms with E-state index < -0.39 is 17.5 Å². The molecule has 0 aliphatic carbocycles. The van der Waals surface area contributed by atoms with Gasteiger partial charge >= 0.3 is 0 Å². The summed E-state index contributed by atoms with van der Waals surface area (Å²) in [5.41, 5.74) is 1.58. The maximum atomic E-state index is 13.8. The highest BCUT2D eigenvalue weighted by molar-refractivity contribution is 7.99. The molecule has 1 amide bonds. The number of carbonyl (C=O) groups is 1. The number of hydrogen-bond donors (Lipinski definition) is 1. The summed E-state index contributed by atoms with van der Waals surface area (Å²) < 4.78 is 28.6. The number of hydrogen-bond acceptors (Lipinski definition) is 5. The molecule has 6 nitrogen and oxygen atoms in total. The summed E-state index contributed by atoms with van der Waals surface area (Å²) in [5.74, 6) is -1.41. The van der Waals surface area contributed by atoms with E-state index in [0.29, 0.717) is 11.0 Å². The van der Waals surface area contributed by atoms with E-state index in [9.17, 15) is 13.6 Å². The van der Waals surface area contributed by atoms with Crippen LogP contribution in [-0.4, -0.2) is 31.4 Å². The van der Waals surface area contributed by atoms with Crippen LogP contribution in [-0.2, 0) is 4.79 Å². The van der Waals surface area contributed by atoms with Crippen molar-refractivity contribution in [3.05, 3.63) is 84.7 Å². The van der Waals surface area contributed by atoms with Gasteiger partial charge in [-0.3, -0.25) is 14.3 Å². The van der Waals surface area contributed by atoms with Gasteiger partial charge in [-0.15, -0.1) is 10.2 Å². The van der Waals surface area contributed by atoms with Gasteiger partial charge in [-0.2, -0.15) is 0 Å². The second-order valence-corrected chi connectivity index (χ2v) is 7.12. The summed E-state index contributed by atoms with van der Waals surface area (Å²) in [5, 5.41) is 11.4. The van der Waals surface area contributed by atoms with Gasteiger partial charge in [-0.25, -0.2) is 8.78 Å². The summed E-state index contributed by atoms with van der Waals surface area (Å²) >= 11 is 1.16. The lowest BCUT2D eigenvalue weighted by atomic mass is 10.2. The highest BCUT2D eigenvalue weighted by atomic mass is 32.2. The van der Waals surface area contributed by atoms with Crippen LogP contribution >= 0.6 is 11.8 Å². The number of aromatic nitrogens is 4. The van der Waals surface area contributed by atoms with Crippen LogP contribution in [0.25, 0.3) is 17.1 Å². The van der Waals surface area contributed by atoms with Crippen molar-refractivity contribution < 1.29 is 13.6 Å². The van der Waals surface area contributed by atoms with Gasteiger partial charge in [0.2, 0.25) is 5.91 Å². The first-order valence-corrected chi connectivity index (χ1v) is 9.89. The molecule has 0 saturated carbocycles. The standard InChI is InChI=1S/C21H15F2N5OS/c22-15-6-7-18(17(23)12-15)25-19(29)13-30-21-27-26-20(14-8-10-24-11-9-14)28(21)16-4-2-1-3-5-16/h1-12H,13H2,(H,25,29). The minimum atomic E-state index is -0.833. The number of nitrogens with one attached hydrogen (secondary N) is 1. The van der Waals surface area contributed by atoms with Crippen molar-refractivity contribution in [2.24, 2.45) is 0 Å². The minimum Gasteiger partial charge on any atom is -0.323 e. The minimum absolute atomic E-state index is 0.0296. The molecule has 0 aliphatic heterocycles. The molecule has 0 saturated heterocycles. The number of rotatable bonds is 6. The normalized spacial score (nSPS) is 10.7. The molecule has 2 heterocycles. The van der Waals surface area contributed by atoms with Crippen LogP contribution in [0, 0.1) is 11.6 Å². The zero-order chi connectivity index (χ0) is 20.9. The summed E-state index contributed by atoms with van der Waals surface area (Å²) in [7, 11) is 0. The number of carbonyl (C=O) groups excluding carboxylic acids is 1. The van der Waals surface area contributed by atoms with Crippen LogP contribution in [0.1, 0.15) is 0 Å². The molecule has 0 spiro atoms. The van der Waals surface area contributed by atoms with Gasteiger partial charge in [0.15, 0.2) is 11.0 Å². The van der Waals surface area contributed by atoms with Crippen molar-refractivity contribution in [1.29, 1.82) is 0 Å². The molecule has 150 valence electrons. The number of para-hydroxylation sites is 1. The first-order chi connectivity index (χ1) is 14.6. The number of benzene rings is 2.